The van der Waals surface area contributed by atoms with E-state index in [1.165, 1.54) is 0 Å². The van der Waals surface area contributed by atoms with Crippen LogP contribution in [-0.4, -0.2) is 36.4 Å². The lowest BCUT2D eigenvalue weighted by atomic mass is 9.98. The van der Waals surface area contributed by atoms with Gasteiger partial charge in [-0.05, 0) is 26.8 Å². The molecule has 0 aromatic heterocycles. The quantitative estimate of drug-likeness (QED) is 0.613. The molecule has 0 radical (unpaired) electrons. The molecular weight excluding hydrogens is 170 g/mol. The van der Waals surface area contributed by atoms with Gasteiger partial charge in [0.2, 0.25) is 0 Å². The molecule has 0 aliphatic heterocycles. The number of hydrogen-bond donors (Lipinski definition) is 2. The fraction of sp³-hybridized carbons (Fsp3) is 0.889. The maximum Gasteiger partial charge on any atom is 0.326 e. The van der Waals surface area contributed by atoms with E-state index in [2.05, 4.69) is 5.32 Å². The molecule has 13 heavy (non-hydrogen) atoms. The highest BCUT2D eigenvalue weighted by Crippen LogP contribution is 2.30. The summed E-state index contributed by atoms with van der Waals surface area (Å²) in [4.78, 5) is 11.5. The summed E-state index contributed by atoms with van der Waals surface area (Å²) < 4.78 is 4.96. The summed E-state index contributed by atoms with van der Waals surface area (Å²) in [6.45, 7) is 2.17. The van der Waals surface area contributed by atoms with E-state index in [1.54, 1.807) is 14.0 Å². The number of carbonyl (C=O) groups excluding carboxylic acids is 1. The van der Waals surface area contributed by atoms with Gasteiger partial charge in [-0.1, -0.05) is 0 Å². The molecule has 0 saturated heterocycles. The van der Waals surface area contributed by atoms with Gasteiger partial charge < -0.3 is 15.2 Å². The van der Waals surface area contributed by atoms with Gasteiger partial charge in [0, 0.05) is 6.42 Å². The topological polar surface area (TPSA) is 58.6 Å². The molecule has 1 rings (SSSR count). The van der Waals surface area contributed by atoms with Crippen molar-refractivity contribution in [3.05, 3.63) is 0 Å². The van der Waals surface area contributed by atoms with Crippen LogP contribution in [0.2, 0.25) is 0 Å². The number of aliphatic hydroxyl groups is 1. The number of ether oxygens (including phenoxy) is 1. The van der Waals surface area contributed by atoms with Crippen molar-refractivity contribution in [2.75, 3.05) is 13.7 Å². The second-order valence-corrected chi connectivity index (χ2v) is 3.45. The fourth-order valence-electron chi connectivity index (χ4n) is 1.80. The van der Waals surface area contributed by atoms with E-state index in [-0.39, 0.29) is 12.1 Å². The molecule has 1 fully saturated rings. The molecule has 0 spiro atoms. The standard InChI is InChI=1S/C9H17NO3/c1-3-13-8(12)9(10-2)5-4-7(11)6-9/h7,10-11H,3-6H2,1-2H3. The Labute approximate surface area is 78.3 Å². The molecule has 0 aromatic rings. The first-order valence-electron chi connectivity index (χ1n) is 4.69. The van der Waals surface area contributed by atoms with Crippen LogP contribution in [0.5, 0.6) is 0 Å². The summed E-state index contributed by atoms with van der Waals surface area (Å²) in [5.41, 5.74) is -0.643. The Kier molecular flexibility index (Phi) is 3.27. The summed E-state index contributed by atoms with van der Waals surface area (Å²) in [7, 11) is 1.73. The smallest absolute Gasteiger partial charge is 0.326 e. The van der Waals surface area contributed by atoms with Gasteiger partial charge in [-0.15, -0.1) is 0 Å². The number of likely N-dealkylation sites (N-methyl/N-ethyl adjacent to an activating group) is 1. The molecule has 2 atom stereocenters. The highest BCUT2D eigenvalue weighted by Gasteiger charge is 2.44. The molecule has 0 heterocycles. The monoisotopic (exact) mass is 187 g/mol. The van der Waals surface area contributed by atoms with E-state index in [4.69, 9.17) is 4.74 Å². The van der Waals surface area contributed by atoms with Crippen molar-refractivity contribution < 1.29 is 14.6 Å². The molecule has 2 unspecified atom stereocenters. The Hall–Kier alpha value is -0.610. The number of hydrogen-bond acceptors (Lipinski definition) is 4. The van der Waals surface area contributed by atoms with E-state index in [0.29, 0.717) is 25.9 Å². The Morgan fingerprint density at radius 1 is 1.77 bits per heavy atom. The average molecular weight is 187 g/mol. The first-order chi connectivity index (χ1) is 6.14. The van der Waals surface area contributed by atoms with E-state index in [9.17, 15) is 9.90 Å². The molecule has 1 saturated carbocycles. The van der Waals surface area contributed by atoms with E-state index in [0.717, 1.165) is 0 Å². The highest BCUT2D eigenvalue weighted by atomic mass is 16.5. The van der Waals surface area contributed by atoms with Crippen LogP contribution < -0.4 is 5.32 Å². The maximum absolute atomic E-state index is 11.5. The number of nitrogens with one attached hydrogen (secondary N) is 1. The molecular formula is C9H17NO3. The van der Waals surface area contributed by atoms with Crippen LogP contribution in [0.3, 0.4) is 0 Å². The van der Waals surface area contributed by atoms with Gasteiger partial charge in [0.25, 0.3) is 0 Å². The third-order valence-corrected chi connectivity index (χ3v) is 2.63. The molecule has 2 N–H and O–H groups in total. The SMILES string of the molecule is CCOC(=O)C1(NC)CCC(O)C1. The maximum atomic E-state index is 11.5. The summed E-state index contributed by atoms with van der Waals surface area (Å²) in [5.74, 6) is -0.242. The molecule has 76 valence electrons. The van der Waals surface area contributed by atoms with Crippen molar-refractivity contribution in [1.82, 2.24) is 5.32 Å². The van der Waals surface area contributed by atoms with Crippen LogP contribution in [0.1, 0.15) is 26.2 Å². The molecule has 1 aliphatic carbocycles. The normalized spacial score (nSPS) is 33.3. The Balaban J connectivity index is 2.64. The predicted molar refractivity (Wildman–Crippen MR) is 48.3 cm³/mol. The van der Waals surface area contributed by atoms with Gasteiger partial charge in [-0.3, -0.25) is 4.79 Å². The molecule has 4 heteroatoms. The number of carbonyl (C=O) groups is 1. The van der Waals surface area contributed by atoms with Gasteiger partial charge >= 0.3 is 5.97 Å². The van der Waals surface area contributed by atoms with Crippen molar-refractivity contribution in [2.45, 2.75) is 37.8 Å². The number of aliphatic hydroxyl groups excluding tert-OH is 1. The number of rotatable bonds is 3. The summed E-state index contributed by atoms with van der Waals surface area (Å²) in [6.07, 6.45) is 1.41. The van der Waals surface area contributed by atoms with Crippen LogP contribution in [0.25, 0.3) is 0 Å². The second-order valence-electron chi connectivity index (χ2n) is 3.45. The molecule has 0 aromatic carbocycles. The van der Waals surface area contributed by atoms with Crippen LogP contribution >= 0.6 is 0 Å². The Bertz CT molecular complexity index is 195. The van der Waals surface area contributed by atoms with E-state index >= 15 is 0 Å². The zero-order valence-electron chi connectivity index (χ0n) is 8.17. The third kappa shape index (κ3) is 2.00. The zero-order chi connectivity index (χ0) is 9.90. The lowest BCUT2D eigenvalue weighted by Crippen LogP contribution is -2.49. The van der Waals surface area contributed by atoms with Crippen LogP contribution in [-0.2, 0) is 9.53 Å². The number of esters is 1. The summed E-state index contributed by atoms with van der Waals surface area (Å²) in [6, 6.07) is 0. The van der Waals surface area contributed by atoms with Crippen molar-refractivity contribution >= 4 is 5.97 Å². The average Bonchev–Trinajstić information content (AvgIpc) is 2.49. The van der Waals surface area contributed by atoms with Crippen molar-refractivity contribution in [2.24, 2.45) is 0 Å². The molecule has 4 nitrogen and oxygen atoms in total. The minimum atomic E-state index is -0.643. The van der Waals surface area contributed by atoms with Crippen LogP contribution in [0.4, 0.5) is 0 Å². The Morgan fingerprint density at radius 2 is 2.46 bits per heavy atom. The molecule has 0 bridgehead atoms. The van der Waals surface area contributed by atoms with Crippen LogP contribution in [0.15, 0.2) is 0 Å². The zero-order valence-corrected chi connectivity index (χ0v) is 8.17. The molecule has 1 aliphatic rings. The van der Waals surface area contributed by atoms with Gasteiger partial charge in [-0.2, -0.15) is 0 Å². The van der Waals surface area contributed by atoms with Gasteiger partial charge in [0.1, 0.15) is 5.54 Å². The van der Waals surface area contributed by atoms with Crippen molar-refractivity contribution in [3.63, 3.8) is 0 Å². The van der Waals surface area contributed by atoms with Crippen LogP contribution in [0, 0.1) is 0 Å². The first kappa shape index (κ1) is 10.5. The second kappa shape index (κ2) is 4.07. The fourth-order valence-corrected chi connectivity index (χ4v) is 1.80. The summed E-state index contributed by atoms with van der Waals surface area (Å²) >= 11 is 0. The minimum absolute atomic E-state index is 0.242. The Morgan fingerprint density at radius 3 is 2.85 bits per heavy atom. The van der Waals surface area contributed by atoms with Crippen molar-refractivity contribution in [1.29, 1.82) is 0 Å². The lowest BCUT2D eigenvalue weighted by molar-refractivity contribution is -0.151. The highest BCUT2D eigenvalue weighted by molar-refractivity contribution is 5.81. The first-order valence-corrected chi connectivity index (χ1v) is 4.69. The van der Waals surface area contributed by atoms with E-state index < -0.39 is 5.54 Å². The largest absolute Gasteiger partial charge is 0.465 e. The minimum Gasteiger partial charge on any atom is -0.465 e. The van der Waals surface area contributed by atoms with Crippen molar-refractivity contribution in [3.8, 4) is 0 Å². The summed E-state index contributed by atoms with van der Waals surface area (Å²) in [5, 5.41) is 12.3. The molecule has 0 amide bonds. The predicted octanol–water partition coefficient (Wildman–Crippen LogP) is 0.0525. The van der Waals surface area contributed by atoms with Gasteiger partial charge in [0.05, 0.1) is 12.7 Å². The third-order valence-electron chi connectivity index (χ3n) is 2.63. The lowest BCUT2D eigenvalue weighted by Gasteiger charge is -2.25. The van der Waals surface area contributed by atoms with Gasteiger partial charge in [-0.25, -0.2) is 0 Å². The van der Waals surface area contributed by atoms with Gasteiger partial charge in [0.15, 0.2) is 0 Å². The van der Waals surface area contributed by atoms with E-state index in [1.807, 2.05) is 0 Å².